The molecular weight excluding hydrogens is 260 g/mol. The van der Waals surface area contributed by atoms with Crippen molar-refractivity contribution >= 4 is 28.5 Å². The smallest absolute Gasteiger partial charge is 0.326 e. The highest BCUT2D eigenvalue weighted by Gasteiger charge is 2.12. The van der Waals surface area contributed by atoms with E-state index in [4.69, 9.17) is 21.1 Å². The Balaban J connectivity index is 2.63. The third kappa shape index (κ3) is 2.28. The van der Waals surface area contributed by atoms with E-state index >= 15 is 0 Å². The Hall–Kier alpha value is -2.08. The van der Waals surface area contributed by atoms with Crippen LogP contribution in [0.25, 0.3) is 10.9 Å². The number of phenols is 1. The average molecular weight is 269 g/mol. The SMILES string of the molecule is COc1cc2nc(OC(C)=O)nc(Cl)c2cc1O. The Morgan fingerprint density at radius 1 is 1.39 bits per heavy atom. The molecule has 0 atom stereocenters. The van der Waals surface area contributed by atoms with Crippen molar-refractivity contribution in [2.75, 3.05) is 7.11 Å². The van der Waals surface area contributed by atoms with E-state index in [9.17, 15) is 9.90 Å². The molecule has 0 amide bonds. The molecule has 0 bridgehead atoms. The lowest BCUT2D eigenvalue weighted by molar-refractivity contribution is -0.132. The van der Waals surface area contributed by atoms with Gasteiger partial charge in [-0.05, 0) is 6.07 Å². The third-order valence-electron chi connectivity index (χ3n) is 2.16. The maximum atomic E-state index is 10.8. The van der Waals surface area contributed by atoms with E-state index in [1.165, 1.54) is 26.2 Å². The van der Waals surface area contributed by atoms with Crippen LogP contribution in [0.2, 0.25) is 5.15 Å². The van der Waals surface area contributed by atoms with Gasteiger partial charge in [-0.15, -0.1) is 0 Å². The van der Waals surface area contributed by atoms with E-state index in [-0.39, 0.29) is 22.7 Å². The Morgan fingerprint density at radius 3 is 2.72 bits per heavy atom. The van der Waals surface area contributed by atoms with Gasteiger partial charge in [-0.3, -0.25) is 4.79 Å². The first-order valence-corrected chi connectivity index (χ1v) is 5.31. The quantitative estimate of drug-likeness (QED) is 0.662. The van der Waals surface area contributed by atoms with Crippen LogP contribution in [0, 0.1) is 0 Å². The van der Waals surface area contributed by atoms with Crippen LogP contribution in [-0.2, 0) is 4.79 Å². The topological polar surface area (TPSA) is 81.5 Å². The number of halogens is 1. The number of phenolic OH excluding ortho intramolecular Hbond substituents is 1. The molecule has 1 heterocycles. The molecule has 0 unspecified atom stereocenters. The zero-order chi connectivity index (χ0) is 13.3. The predicted octanol–water partition coefficient (Wildman–Crippen LogP) is 1.92. The molecule has 1 aromatic carbocycles. The maximum absolute atomic E-state index is 10.8. The molecule has 1 aromatic heterocycles. The first kappa shape index (κ1) is 12.4. The predicted molar refractivity (Wildman–Crippen MR) is 64.1 cm³/mol. The number of hydrogen-bond acceptors (Lipinski definition) is 6. The van der Waals surface area contributed by atoms with Gasteiger partial charge < -0.3 is 14.6 Å². The molecule has 0 saturated heterocycles. The van der Waals surface area contributed by atoms with Crippen molar-refractivity contribution in [1.82, 2.24) is 9.97 Å². The van der Waals surface area contributed by atoms with E-state index in [1.54, 1.807) is 0 Å². The van der Waals surface area contributed by atoms with Crippen LogP contribution in [0.15, 0.2) is 12.1 Å². The molecule has 0 radical (unpaired) electrons. The lowest BCUT2D eigenvalue weighted by atomic mass is 10.2. The molecule has 7 heteroatoms. The van der Waals surface area contributed by atoms with Gasteiger partial charge in [-0.25, -0.2) is 0 Å². The fraction of sp³-hybridized carbons (Fsp3) is 0.182. The fourth-order valence-corrected chi connectivity index (χ4v) is 1.65. The zero-order valence-corrected chi connectivity index (χ0v) is 10.4. The summed E-state index contributed by atoms with van der Waals surface area (Å²) in [5, 5.41) is 10.1. The Kier molecular flexibility index (Phi) is 3.20. The minimum atomic E-state index is -0.545. The number of benzene rings is 1. The van der Waals surface area contributed by atoms with Gasteiger partial charge in [0.2, 0.25) is 0 Å². The van der Waals surface area contributed by atoms with Gasteiger partial charge in [0.1, 0.15) is 5.15 Å². The van der Waals surface area contributed by atoms with Crippen LogP contribution in [0.5, 0.6) is 17.5 Å². The summed E-state index contributed by atoms with van der Waals surface area (Å²) in [5.41, 5.74) is 0.404. The minimum Gasteiger partial charge on any atom is -0.504 e. The molecule has 0 aliphatic heterocycles. The van der Waals surface area contributed by atoms with Crippen molar-refractivity contribution in [2.24, 2.45) is 0 Å². The number of fused-ring (bicyclic) bond motifs is 1. The van der Waals surface area contributed by atoms with Gasteiger partial charge in [0.25, 0.3) is 0 Å². The van der Waals surface area contributed by atoms with E-state index in [2.05, 4.69) is 9.97 Å². The standard InChI is InChI=1S/C11H9ClN2O4/c1-5(15)18-11-13-7-4-9(17-2)8(16)3-6(7)10(12)14-11/h3-4,16H,1-2H3. The van der Waals surface area contributed by atoms with E-state index < -0.39 is 5.97 Å². The van der Waals surface area contributed by atoms with Crippen molar-refractivity contribution < 1.29 is 19.4 Å². The van der Waals surface area contributed by atoms with Crippen molar-refractivity contribution in [3.8, 4) is 17.5 Å². The molecule has 94 valence electrons. The summed E-state index contributed by atoms with van der Waals surface area (Å²) in [4.78, 5) is 18.6. The van der Waals surface area contributed by atoms with Crippen molar-refractivity contribution in [3.63, 3.8) is 0 Å². The first-order chi connectivity index (χ1) is 8.51. The zero-order valence-electron chi connectivity index (χ0n) is 9.60. The van der Waals surface area contributed by atoms with Gasteiger partial charge in [0.05, 0.1) is 12.6 Å². The number of aromatic nitrogens is 2. The highest BCUT2D eigenvalue weighted by Crippen LogP contribution is 2.33. The van der Waals surface area contributed by atoms with Crippen molar-refractivity contribution in [3.05, 3.63) is 17.3 Å². The molecule has 1 N–H and O–H groups in total. The second-order valence-corrected chi connectivity index (χ2v) is 3.79. The van der Waals surface area contributed by atoms with Gasteiger partial charge in [0, 0.05) is 18.4 Å². The van der Waals surface area contributed by atoms with Crippen LogP contribution in [0.4, 0.5) is 0 Å². The molecule has 6 nitrogen and oxygen atoms in total. The highest BCUT2D eigenvalue weighted by molar-refractivity contribution is 6.34. The summed E-state index contributed by atoms with van der Waals surface area (Å²) in [6.45, 7) is 1.23. The number of nitrogens with zero attached hydrogens (tertiary/aromatic N) is 2. The minimum absolute atomic E-state index is 0.0734. The maximum Gasteiger partial charge on any atom is 0.326 e. The summed E-state index contributed by atoms with van der Waals surface area (Å²) in [6.07, 6.45) is 0. The highest BCUT2D eigenvalue weighted by atomic mass is 35.5. The number of esters is 1. The van der Waals surface area contributed by atoms with Crippen LogP contribution in [0.3, 0.4) is 0 Å². The Labute approximate surface area is 107 Å². The van der Waals surface area contributed by atoms with E-state index in [0.717, 1.165) is 0 Å². The van der Waals surface area contributed by atoms with Crippen LogP contribution < -0.4 is 9.47 Å². The number of aromatic hydroxyl groups is 1. The van der Waals surface area contributed by atoms with Gasteiger partial charge in [-0.2, -0.15) is 9.97 Å². The molecule has 0 spiro atoms. The number of ether oxygens (including phenoxy) is 2. The summed E-state index contributed by atoms with van der Waals surface area (Å²) in [5.74, 6) is -0.377. The summed E-state index contributed by atoms with van der Waals surface area (Å²) in [6, 6.07) is 2.71. The Bertz CT molecular complexity index is 630. The molecule has 0 fully saturated rings. The van der Waals surface area contributed by atoms with Crippen LogP contribution in [0.1, 0.15) is 6.92 Å². The van der Waals surface area contributed by atoms with Crippen molar-refractivity contribution in [2.45, 2.75) is 6.92 Å². The van der Waals surface area contributed by atoms with Crippen molar-refractivity contribution in [1.29, 1.82) is 0 Å². The number of rotatable bonds is 2. The summed E-state index contributed by atoms with van der Waals surface area (Å²) < 4.78 is 9.71. The fourth-order valence-electron chi connectivity index (χ4n) is 1.43. The molecule has 0 aliphatic rings. The molecule has 2 aromatic rings. The van der Waals surface area contributed by atoms with Gasteiger partial charge in [0.15, 0.2) is 11.5 Å². The molecule has 0 aliphatic carbocycles. The lowest BCUT2D eigenvalue weighted by Gasteiger charge is -2.07. The largest absolute Gasteiger partial charge is 0.504 e. The first-order valence-electron chi connectivity index (χ1n) is 4.94. The van der Waals surface area contributed by atoms with Crippen LogP contribution >= 0.6 is 11.6 Å². The molecular formula is C11H9ClN2O4. The number of hydrogen-bond donors (Lipinski definition) is 1. The van der Waals surface area contributed by atoms with Gasteiger partial charge in [-0.1, -0.05) is 11.6 Å². The number of carbonyl (C=O) groups excluding carboxylic acids is 1. The normalized spacial score (nSPS) is 10.4. The average Bonchev–Trinajstić information content (AvgIpc) is 2.28. The third-order valence-corrected chi connectivity index (χ3v) is 2.45. The molecule has 0 saturated carbocycles. The Morgan fingerprint density at radius 2 is 2.11 bits per heavy atom. The molecule has 2 rings (SSSR count). The second kappa shape index (κ2) is 4.66. The molecule has 18 heavy (non-hydrogen) atoms. The number of carbonyl (C=O) groups is 1. The number of methoxy groups -OCH3 is 1. The van der Waals surface area contributed by atoms with E-state index in [1.807, 2.05) is 0 Å². The van der Waals surface area contributed by atoms with Crippen LogP contribution in [-0.4, -0.2) is 28.2 Å². The second-order valence-electron chi connectivity index (χ2n) is 3.43. The summed E-state index contributed by atoms with van der Waals surface area (Å²) >= 11 is 5.92. The van der Waals surface area contributed by atoms with E-state index in [0.29, 0.717) is 10.9 Å². The summed E-state index contributed by atoms with van der Waals surface area (Å²) in [7, 11) is 1.41. The monoisotopic (exact) mass is 268 g/mol. The van der Waals surface area contributed by atoms with Gasteiger partial charge >= 0.3 is 12.0 Å². The lowest BCUT2D eigenvalue weighted by Crippen LogP contribution is -2.05.